The zero-order chi connectivity index (χ0) is 15.9. The standard InChI is InChI=1S/C13H19F3N2O2S.ClH/c1-2-7-17-8-9-18-21(19,20)10-11-5-3-4-6-12(11)13(14,15)16;/h3-6,17-18H,2,7-10H2,1H3;1H. The van der Waals surface area contributed by atoms with Crippen LogP contribution in [0.4, 0.5) is 13.2 Å². The predicted octanol–water partition coefficient (Wildman–Crippen LogP) is 2.55. The molecule has 0 atom stereocenters. The van der Waals surface area contributed by atoms with Crippen LogP contribution in [0.1, 0.15) is 24.5 Å². The molecule has 0 unspecified atom stereocenters. The molecule has 0 heterocycles. The van der Waals surface area contributed by atoms with Crippen molar-refractivity contribution in [3.63, 3.8) is 0 Å². The first-order valence-electron chi connectivity index (χ1n) is 6.59. The minimum absolute atomic E-state index is 0. The Morgan fingerprint density at radius 1 is 1.09 bits per heavy atom. The minimum Gasteiger partial charge on any atom is -0.315 e. The van der Waals surface area contributed by atoms with Crippen LogP contribution in [0.3, 0.4) is 0 Å². The Bertz CT molecular complexity index is 550. The van der Waals surface area contributed by atoms with E-state index in [0.717, 1.165) is 19.0 Å². The highest BCUT2D eigenvalue weighted by atomic mass is 35.5. The molecule has 0 aliphatic heterocycles. The molecule has 0 aliphatic carbocycles. The van der Waals surface area contributed by atoms with Gasteiger partial charge in [0, 0.05) is 13.1 Å². The number of nitrogens with one attached hydrogen (secondary N) is 2. The summed E-state index contributed by atoms with van der Waals surface area (Å²) in [5, 5.41) is 3.00. The molecule has 0 aromatic heterocycles. The average Bonchev–Trinajstić information content (AvgIpc) is 2.37. The molecule has 0 saturated heterocycles. The Labute approximate surface area is 134 Å². The number of benzene rings is 1. The third kappa shape index (κ3) is 7.44. The highest BCUT2D eigenvalue weighted by Gasteiger charge is 2.33. The second kappa shape index (κ2) is 9.34. The van der Waals surface area contributed by atoms with Gasteiger partial charge in [0.15, 0.2) is 0 Å². The van der Waals surface area contributed by atoms with Gasteiger partial charge in [0.1, 0.15) is 0 Å². The third-order valence-corrected chi connectivity index (χ3v) is 4.05. The van der Waals surface area contributed by atoms with E-state index in [0.29, 0.717) is 6.54 Å². The highest BCUT2D eigenvalue weighted by Crippen LogP contribution is 2.32. The first-order chi connectivity index (χ1) is 9.76. The van der Waals surface area contributed by atoms with Gasteiger partial charge in [-0.2, -0.15) is 13.2 Å². The number of hydrogen-bond acceptors (Lipinski definition) is 3. The second-order valence-corrected chi connectivity index (χ2v) is 6.37. The molecule has 0 bridgehead atoms. The lowest BCUT2D eigenvalue weighted by Gasteiger charge is -2.13. The van der Waals surface area contributed by atoms with Crippen molar-refractivity contribution in [2.45, 2.75) is 25.3 Å². The molecule has 1 aromatic rings. The van der Waals surface area contributed by atoms with Gasteiger partial charge in [-0.3, -0.25) is 0 Å². The molecular formula is C13H20ClF3N2O2S. The SMILES string of the molecule is CCCNCCNS(=O)(=O)Cc1ccccc1C(F)(F)F.Cl. The van der Waals surface area contributed by atoms with Crippen LogP contribution in [0.2, 0.25) is 0 Å². The van der Waals surface area contributed by atoms with Crippen LogP contribution in [-0.2, 0) is 22.0 Å². The lowest BCUT2D eigenvalue weighted by molar-refractivity contribution is -0.138. The molecule has 128 valence electrons. The largest absolute Gasteiger partial charge is 0.416 e. The van der Waals surface area contributed by atoms with Gasteiger partial charge in [0.05, 0.1) is 11.3 Å². The first-order valence-corrected chi connectivity index (χ1v) is 8.24. The molecule has 0 aliphatic rings. The van der Waals surface area contributed by atoms with Crippen molar-refractivity contribution in [1.82, 2.24) is 10.0 Å². The molecule has 0 spiro atoms. The van der Waals surface area contributed by atoms with E-state index in [1.54, 1.807) is 0 Å². The predicted molar refractivity (Wildman–Crippen MR) is 82.5 cm³/mol. The quantitative estimate of drug-likeness (QED) is 0.700. The summed E-state index contributed by atoms with van der Waals surface area (Å²) < 4.78 is 64.3. The molecular weight excluding hydrogens is 341 g/mol. The summed E-state index contributed by atoms with van der Waals surface area (Å²) in [6, 6.07) is 4.69. The summed E-state index contributed by atoms with van der Waals surface area (Å²) in [6.07, 6.45) is -3.64. The molecule has 2 N–H and O–H groups in total. The Kier molecular flexibility index (Phi) is 8.99. The van der Waals surface area contributed by atoms with E-state index < -0.39 is 27.5 Å². The Hall–Kier alpha value is -0.830. The monoisotopic (exact) mass is 360 g/mol. The lowest BCUT2D eigenvalue weighted by atomic mass is 10.1. The maximum absolute atomic E-state index is 12.8. The van der Waals surface area contributed by atoms with E-state index in [1.807, 2.05) is 6.92 Å². The summed E-state index contributed by atoms with van der Waals surface area (Å²) in [4.78, 5) is 0. The van der Waals surface area contributed by atoms with E-state index in [2.05, 4.69) is 10.0 Å². The van der Waals surface area contributed by atoms with Crippen molar-refractivity contribution in [2.75, 3.05) is 19.6 Å². The van der Waals surface area contributed by atoms with Gasteiger partial charge in [-0.25, -0.2) is 13.1 Å². The van der Waals surface area contributed by atoms with Gasteiger partial charge in [0.2, 0.25) is 10.0 Å². The van der Waals surface area contributed by atoms with Gasteiger partial charge in [-0.15, -0.1) is 12.4 Å². The number of alkyl halides is 3. The van der Waals surface area contributed by atoms with E-state index in [-0.39, 0.29) is 24.5 Å². The van der Waals surface area contributed by atoms with Gasteiger partial charge < -0.3 is 5.32 Å². The summed E-state index contributed by atoms with van der Waals surface area (Å²) in [6.45, 7) is 3.33. The molecule has 1 aromatic carbocycles. The summed E-state index contributed by atoms with van der Waals surface area (Å²) in [7, 11) is -3.79. The van der Waals surface area contributed by atoms with Crippen LogP contribution in [0.5, 0.6) is 0 Å². The van der Waals surface area contributed by atoms with E-state index in [1.165, 1.54) is 18.2 Å². The second-order valence-electron chi connectivity index (χ2n) is 4.56. The average molecular weight is 361 g/mol. The van der Waals surface area contributed by atoms with E-state index >= 15 is 0 Å². The Morgan fingerprint density at radius 2 is 1.73 bits per heavy atom. The number of rotatable bonds is 8. The molecule has 0 amide bonds. The van der Waals surface area contributed by atoms with Gasteiger partial charge in [0.25, 0.3) is 0 Å². The number of sulfonamides is 1. The molecule has 9 heteroatoms. The summed E-state index contributed by atoms with van der Waals surface area (Å²) in [5.41, 5.74) is -1.17. The third-order valence-electron chi connectivity index (χ3n) is 2.72. The number of hydrogen-bond donors (Lipinski definition) is 2. The molecule has 1 rings (SSSR count). The van der Waals surface area contributed by atoms with Gasteiger partial charge in [-0.1, -0.05) is 25.1 Å². The lowest BCUT2D eigenvalue weighted by Crippen LogP contribution is -2.33. The zero-order valence-corrected chi connectivity index (χ0v) is 13.7. The molecule has 4 nitrogen and oxygen atoms in total. The van der Waals surface area contributed by atoms with Crippen molar-refractivity contribution in [2.24, 2.45) is 0 Å². The Morgan fingerprint density at radius 3 is 2.32 bits per heavy atom. The van der Waals surface area contributed by atoms with Gasteiger partial charge >= 0.3 is 6.18 Å². The van der Waals surface area contributed by atoms with E-state index in [9.17, 15) is 21.6 Å². The fourth-order valence-corrected chi connectivity index (χ4v) is 2.95. The molecule has 22 heavy (non-hydrogen) atoms. The first kappa shape index (κ1) is 21.2. The normalized spacial score (nSPS) is 12.0. The fourth-order valence-electron chi connectivity index (χ4n) is 1.78. The zero-order valence-electron chi connectivity index (χ0n) is 12.1. The van der Waals surface area contributed by atoms with Crippen molar-refractivity contribution in [3.8, 4) is 0 Å². The van der Waals surface area contributed by atoms with Crippen molar-refractivity contribution in [3.05, 3.63) is 35.4 Å². The van der Waals surface area contributed by atoms with Crippen LogP contribution >= 0.6 is 12.4 Å². The maximum Gasteiger partial charge on any atom is 0.416 e. The smallest absolute Gasteiger partial charge is 0.315 e. The highest BCUT2D eigenvalue weighted by molar-refractivity contribution is 7.88. The van der Waals surface area contributed by atoms with Crippen LogP contribution in [-0.4, -0.2) is 28.1 Å². The molecule has 0 saturated carbocycles. The van der Waals surface area contributed by atoms with Crippen molar-refractivity contribution < 1.29 is 21.6 Å². The maximum atomic E-state index is 12.8. The van der Waals surface area contributed by atoms with Crippen molar-refractivity contribution >= 4 is 22.4 Å². The molecule has 0 radical (unpaired) electrons. The fraction of sp³-hybridized carbons (Fsp3) is 0.538. The van der Waals surface area contributed by atoms with Crippen LogP contribution in [0.15, 0.2) is 24.3 Å². The van der Waals surface area contributed by atoms with Crippen LogP contribution < -0.4 is 10.0 Å². The van der Waals surface area contributed by atoms with E-state index in [4.69, 9.17) is 0 Å². The van der Waals surface area contributed by atoms with Crippen LogP contribution in [0.25, 0.3) is 0 Å². The topological polar surface area (TPSA) is 58.2 Å². The summed E-state index contributed by atoms with van der Waals surface area (Å²) in [5.74, 6) is -0.684. The minimum atomic E-state index is -4.56. The van der Waals surface area contributed by atoms with Crippen molar-refractivity contribution in [1.29, 1.82) is 0 Å². The number of halogens is 4. The van der Waals surface area contributed by atoms with Gasteiger partial charge in [-0.05, 0) is 24.6 Å². The Balaban J connectivity index is 0.00000441. The molecule has 0 fully saturated rings. The van der Waals surface area contributed by atoms with Crippen LogP contribution in [0, 0.1) is 0 Å². The summed E-state index contributed by atoms with van der Waals surface area (Å²) >= 11 is 0.